The molecule has 0 saturated carbocycles. The van der Waals surface area contributed by atoms with E-state index >= 15 is 0 Å². The third-order valence-corrected chi connectivity index (χ3v) is 1.64. The Balaban J connectivity index is 2.87. The monoisotopic (exact) mass is 171 g/mol. The van der Waals surface area contributed by atoms with Crippen molar-refractivity contribution in [2.45, 2.75) is 6.10 Å². The Kier molecular flexibility index (Phi) is 2.69. The van der Waals surface area contributed by atoms with E-state index < -0.39 is 12.0 Å². The van der Waals surface area contributed by atoms with Crippen LogP contribution in [0.3, 0.4) is 0 Å². The molecule has 0 bridgehead atoms. The largest absolute Gasteiger partial charge is 0.491 e. The first-order valence-electron chi connectivity index (χ1n) is 3.55. The highest BCUT2D eigenvalue weighted by atomic mass is 16.5. The summed E-state index contributed by atoms with van der Waals surface area (Å²) in [7, 11) is 0. The molecule has 2 atom stereocenters. The summed E-state index contributed by atoms with van der Waals surface area (Å²) in [4.78, 5) is 0. The van der Waals surface area contributed by atoms with Gasteiger partial charge in [0.25, 0.3) is 0 Å². The van der Waals surface area contributed by atoms with E-state index in [4.69, 9.17) is 20.5 Å². The minimum Gasteiger partial charge on any atom is -0.491 e. The Morgan fingerprint density at radius 2 is 2.15 bits per heavy atom. The molecule has 0 fully saturated rings. The Labute approximate surface area is 75.6 Å². The quantitative estimate of drug-likeness (QED) is 0.551. The Morgan fingerprint density at radius 3 is 2.69 bits per heavy atom. The maximum absolute atomic E-state index is 8.65. The highest BCUT2D eigenvalue weighted by Crippen LogP contribution is 2.22. The number of allylic oxidation sites excluding steroid dienone is 1. The summed E-state index contributed by atoms with van der Waals surface area (Å²) < 4.78 is 5.02. The molecule has 0 amide bonds. The van der Waals surface area contributed by atoms with Crippen LogP contribution in [0.1, 0.15) is 0 Å². The maximum Gasteiger partial charge on any atom is 0.153 e. The van der Waals surface area contributed by atoms with Crippen molar-refractivity contribution in [3.05, 3.63) is 24.0 Å². The van der Waals surface area contributed by atoms with Crippen LogP contribution in [-0.4, -0.2) is 6.10 Å². The van der Waals surface area contributed by atoms with Crippen molar-refractivity contribution in [3.63, 3.8) is 0 Å². The summed E-state index contributed by atoms with van der Waals surface area (Å²) in [6, 6.07) is 5.54. The molecule has 1 rings (SSSR count). The van der Waals surface area contributed by atoms with Gasteiger partial charge < -0.3 is 4.74 Å². The maximum atomic E-state index is 8.65. The summed E-state index contributed by atoms with van der Waals surface area (Å²) >= 11 is 0. The molecule has 1 aliphatic heterocycles. The fraction of sp³-hybridized carbons (Fsp3) is 0.222. The molecular weight excluding hydrogens is 166 g/mol. The molecule has 0 spiro atoms. The second kappa shape index (κ2) is 3.95. The first kappa shape index (κ1) is 8.84. The summed E-state index contributed by atoms with van der Waals surface area (Å²) in [6.45, 7) is 0. The summed E-state index contributed by atoms with van der Waals surface area (Å²) in [5, 5.41) is 25.6. The molecule has 0 saturated heterocycles. The standard InChI is InChI=1S/C9H5N3O/c10-3-1-7(5-11)9-8(6-12)2-4-13-9/h1-2,4,8-9H. The van der Waals surface area contributed by atoms with Gasteiger partial charge in [-0.15, -0.1) is 0 Å². The van der Waals surface area contributed by atoms with Crippen LogP contribution in [0.2, 0.25) is 0 Å². The summed E-state index contributed by atoms with van der Waals surface area (Å²) in [6.07, 6.45) is 3.42. The van der Waals surface area contributed by atoms with Gasteiger partial charge in [-0.1, -0.05) is 0 Å². The van der Waals surface area contributed by atoms with Crippen LogP contribution in [0.4, 0.5) is 0 Å². The van der Waals surface area contributed by atoms with E-state index in [2.05, 4.69) is 0 Å². The normalized spacial score (nSPS) is 25.5. The highest BCUT2D eigenvalue weighted by Gasteiger charge is 2.28. The molecule has 0 N–H and O–H groups in total. The van der Waals surface area contributed by atoms with Gasteiger partial charge in [-0.2, -0.15) is 15.8 Å². The van der Waals surface area contributed by atoms with Crippen molar-refractivity contribution >= 4 is 0 Å². The van der Waals surface area contributed by atoms with Gasteiger partial charge in [0.2, 0.25) is 0 Å². The molecule has 0 aromatic rings. The molecule has 0 aliphatic carbocycles. The van der Waals surface area contributed by atoms with Crippen LogP contribution in [0.5, 0.6) is 0 Å². The lowest BCUT2D eigenvalue weighted by Gasteiger charge is -2.10. The van der Waals surface area contributed by atoms with E-state index in [-0.39, 0.29) is 5.57 Å². The van der Waals surface area contributed by atoms with Crippen molar-refractivity contribution in [3.8, 4) is 18.2 Å². The van der Waals surface area contributed by atoms with Crippen molar-refractivity contribution in [1.82, 2.24) is 0 Å². The molecule has 1 heterocycles. The van der Waals surface area contributed by atoms with E-state index in [9.17, 15) is 0 Å². The van der Waals surface area contributed by atoms with E-state index in [0.29, 0.717) is 0 Å². The van der Waals surface area contributed by atoms with Crippen molar-refractivity contribution in [2.24, 2.45) is 5.92 Å². The zero-order valence-electron chi connectivity index (χ0n) is 6.64. The SMILES string of the molecule is N#CC=C(C#N)C1OC=CC1C#N. The predicted molar refractivity (Wildman–Crippen MR) is 42.4 cm³/mol. The third-order valence-electron chi connectivity index (χ3n) is 1.64. The average Bonchev–Trinajstić information content (AvgIpc) is 2.61. The van der Waals surface area contributed by atoms with Crippen molar-refractivity contribution < 1.29 is 4.74 Å². The zero-order chi connectivity index (χ0) is 9.68. The van der Waals surface area contributed by atoms with Crippen LogP contribution in [0.25, 0.3) is 0 Å². The fourth-order valence-electron chi connectivity index (χ4n) is 1.03. The van der Waals surface area contributed by atoms with Gasteiger partial charge in [-0.3, -0.25) is 0 Å². The lowest BCUT2D eigenvalue weighted by atomic mass is 9.99. The summed E-state index contributed by atoms with van der Waals surface area (Å²) in [5.41, 5.74) is 0.180. The van der Waals surface area contributed by atoms with Crippen molar-refractivity contribution in [1.29, 1.82) is 15.8 Å². The van der Waals surface area contributed by atoms with Crippen LogP contribution in [0, 0.1) is 39.9 Å². The topological polar surface area (TPSA) is 80.6 Å². The Hall–Kier alpha value is -2.25. The molecule has 4 heteroatoms. The van der Waals surface area contributed by atoms with Gasteiger partial charge in [0.05, 0.1) is 30.0 Å². The molecular formula is C9H5N3O. The van der Waals surface area contributed by atoms with Gasteiger partial charge in [-0.25, -0.2) is 0 Å². The number of nitrogens with zero attached hydrogens (tertiary/aromatic N) is 3. The first-order chi connectivity index (χ1) is 6.33. The van der Waals surface area contributed by atoms with Gasteiger partial charge in [-0.05, 0) is 6.08 Å². The molecule has 4 nitrogen and oxygen atoms in total. The van der Waals surface area contributed by atoms with Crippen LogP contribution in [-0.2, 0) is 4.74 Å². The minimum absolute atomic E-state index is 0.180. The number of ether oxygens (including phenoxy) is 1. The van der Waals surface area contributed by atoms with Crippen molar-refractivity contribution in [2.75, 3.05) is 0 Å². The molecule has 62 valence electrons. The average molecular weight is 171 g/mol. The van der Waals surface area contributed by atoms with E-state index in [1.807, 2.05) is 12.1 Å². The lowest BCUT2D eigenvalue weighted by molar-refractivity contribution is 0.188. The number of rotatable bonds is 1. The van der Waals surface area contributed by atoms with Gasteiger partial charge in [0.15, 0.2) is 6.10 Å². The first-order valence-corrected chi connectivity index (χ1v) is 3.55. The molecule has 0 aromatic heterocycles. The van der Waals surface area contributed by atoms with Crippen LogP contribution in [0.15, 0.2) is 24.0 Å². The highest BCUT2D eigenvalue weighted by molar-refractivity contribution is 5.35. The number of hydrogen-bond donors (Lipinski definition) is 0. The zero-order valence-corrected chi connectivity index (χ0v) is 6.64. The van der Waals surface area contributed by atoms with Gasteiger partial charge >= 0.3 is 0 Å². The Bertz CT molecular complexity index is 375. The second-order valence-corrected chi connectivity index (χ2v) is 2.38. The van der Waals surface area contributed by atoms with Crippen LogP contribution < -0.4 is 0 Å². The second-order valence-electron chi connectivity index (χ2n) is 2.38. The van der Waals surface area contributed by atoms with Crippen LogP contribution >= 0.6 is 0 Å². The Morgan fingerprint density at radius 1 is 1.38 bits per heavy atom. The smallest absolute Gasteiger partial charge is 0.153 e. The molecule has 13 heavy (non-hydrogen) atoms. The molecule has 1 aliphatic rings. The number of nitriles is 3. The van der Waals surface area contributed by atoms with E-state index in [1.165, 1.54) is 6.26 Å². The molecule has 2 unspecified atom stereocenters. The number of hydrogen-bond acceptors (Lipinski definition) is 4. The van der Waals surface area contributed by atoms with E-state index in [1.54, 1.807) is 12.1 Å². The van der Waals surface area contributed by atoms with E-state index in [0.717, 1.165) is 6.08 Å². The lowest BCUT2D eigenvalue weighted by Crippen LogP contribution is -2.17. The summed E-state index contributed by atoms with van der Waals surface area (Å²) in [5.74, 6) is -0.473. The minimum atomic E-state index is -0.616. The van der Waals surface area contributed by atoms with Gasteiger partial charge in [0.1, 0.15) is 5.92 Å². The predicted octanol–water partition coefficient (Wildman–Crippen LogP) is 1.01. The van der Waals surface area contributed by atoms with Gasteiger partial charge in [0, 0.05) is 6.08 Å². The molecule has 0 aromatic carbocycles. The molecule has 0 radical (unpaired) electrons. The fourth-order valence-corrected chi connectivity index (χ4v) is 1.03. The third kappa shape index (κ3) is 1.67.